The number of aromatic nitrogens is 1. The van der Waals surface area contributed by atoms with Crippen molar-refractivity contribution in [3.63, 3.8) is 0 Å². The molecule has 0 aromatic carbocycles. The van der Waals surface area contributed by atoms with Gasteiger partial charge in [0.05, 0.1) is 11.5 Å². The van der Waals surface area contributed by atoms with Crippen LogP contribution >= 0.6 is 0 Å². The predicted molar refractivity (Wildman–Crippen MR) is 86.8 cm³/mol. The first-order chi connectivity index (χ1) is 10.5. The van der Waals surface area contributed by atoms with Gasteiger partial charge in [0.25, 0.3) is 5.91 Å². The Hall–Kier alpha value is -1.63. The van der Waals surface area contributed by atoms with Gasteiger partial charge in [-0.25, -0.2) is 8.42 Å². The van der Waals surface area contributed by atoms with E-state index in [1.54, 1.807) is 18.3 Å². The number of nitrogens with one attached hydrogen (secondary N) is 2. The molecule has 1 amide bonds. The molecule has 1 fully saturated rings. The van der Waals surface area contributed by atoms with Crippen LogP contribution in [0.2, 0.25) is 0 Å². The fourth-order valence-corrected chi connectivity index (χ4v) is 4.13. The van der Waals surface area contributed by atoms with Crippen LogP contribution in [0.5, 0.6) is 0 Å². The summed E-state index contributed by atoms with van der Waals surface area (Å²) in [5, 5.41) is 6.01. The minimum Gasteiger partial charge on any atom is -0.381 e. The number of sulfone groups is 1. The van der Waals surface area contributed by atoms with Crippen molar-refractivity contribution in [2.24, 2.45) is 0 Å². The summed E-state index contributed by atoms with van der Waals surface area (Å²) in [7, 11) is -2.92. The molecule has 1 aromatic rings. The highest BCUT2D eigenvalue weighted by Gasteiger charge is 2.27. The molecule has 0 saturated carbocycles. The third-order valence-electron chi connectivity index (χ3n) is 3.66. The summed E-state index contributed by atoms with van der Waals surface area (Å²) in [4.78, 5) is 16.1. The van der Waals surface area contributed by atoms with Crippen LogP contribution in [0.25, 0.3) is 0 Å². The summed E-state index contributed by atoms with van der Waals surface area (Å²) < 4.78 is 22.9. The van der Waals surface area contributed by atoms with Crippen LogP contribution in [-0.2, 0) is 9.84 Å². The average Bonchev–Trinajstić information content (AvgIpc) is 2.82. The van der Waals surface area contributed by atoms with E-state index in [1.807, 2.05) is 0 Å². The number of amides is 1. The standard InChI is InChI=1S/C15H23N3O3S/c1-2-3-4-7-17-15(19)14-10-12(5-8-16-14)18-13-6-9-22(20,21)11-13/h5,8,10,13H,2-4,6-7,9,11H2,1H3,(H,16,18)(H,17,19). The van der Waals surface area contributed by atoms with Gasteiger partial charge in [0, 0.05) is 24.5 Å². The number of hydrogen-bond acceptors (Lipinski definition) is 5. The number of pyridine rings is 1. The van der Waals surface area contributed by atoms with Crippen molar-refractivity contribution in [1.29, 1.82) is 0 Å². The Morgan fingerprint density at radius 2 is 2.23 bits per heavy atom. The van der Waals surface area contributed by atoms with Crippen molar-refractivity contribution in [1.82, 2.24) is 10.3 Å². The zero-order chi connectivity index (χ0) is 16.0. The highest BCUT2D eigenvalue weighted by Crippen LogP contribution is 2.17. The largest absolute Gasteiger partial charge is 0.381 e. The minimum atomic E-state index is -2.92. The number of carbonyl (C=O) groups is 1. The van der Waals surface area contributed by atoms with E-state index >= 15 is 0 Å². The Kier molecular flexibility index (Phi) is 5.76. The third kappa shape index (κ3) is 4.98. The maximum Gasteiger partial charge on any atom is 0.269 e. The Bertz CT molecular complexity index is 616. The molecule has 22 heavy (non-hydrogen) atoms. The van der Waals surface area contributed by atoms with Crippen molar-refractivity contribution < 1.29 is 13.2 Å². The second kappa shape index (κ2) is 7.58. The van der Waals surface area contributed by atoms with Crippen LogP contribution in [0.1, 0.15) is 43.1 Å². The summed E-state index contributed by atoms with van der Waals surface area (Å²) in [6.45, 7) is 2.76. The normalized spacial score (nSPS) is 19.8. The SMILES string of the molecule is CCCCCNC(=O)c1cc(NC2CCS(=O)(=O)C2)ccn1. The molecule has 6 nitrogen and oxygen atoms in total. The van der Waals surface area contributed by atoms with Crippen LogP contribution in [0, 0.1) is 0 Å². The molecule has 122 valence electrons. The number of nitrogens with zero attached hydrogens (tertiary/aromatic N) is 1. The lowest BCUT2D eigenvalue weighted by atomic mass is 10.2. The maximum absolute atomic E-state index is 12.0. The zero-order valence-corrected chi connectivity index (χ0v) is 13.7. The highest BCUT2D eigenvalue weighted by molar-refractivity contribution is 7.91. The first-order valence-electron chi connectivity index (χ1n) is 7.71. The molecular formula is C15H23N3O3S. The number of anilines is 1. The van der Waals surface area contributed by atoms with Gasteiger partial charge in [0.15, 0.2) is 9.84 Å². The van der Waals surface area contributed by atoms with E-state index in [9.17, 15) is 13.2 Å². The molecule has 1 atom stereocenters. The topological polar surface area (TPSA) is 88.2 Å². The summed E-state index contributed by atoms with van der Waals surface area (Å²) in [6, 6.07) is 3.33. The predicted octanol–water partition coefficient (Wildman–Crippen LogP) is 1.60. The van der Waals surface area contributed by atoms with E-state index in [2.05, 4.69) is 22.5 Å². The van der Waals surface area contributed by atoms with Crippen LogP contribution in [0.15, 0.2) is 18.3 Å². The third-order valence-corrected chi connectivity index (χ3v) is 5.43. The first-order valence-corrected chi connectivity index (χ1v) is 9.53. The zero-order valence-electron chi connectivity index (χ0n) is 12.8. The molecule has 1 aliphatic rings. The van der Waals surface area contributed by atoms with Crippen LogP contribution in [-0.4, -0.2) is 43.4 Å². The first kappa shape index (κ1) is 16.7. The Morgan fingerprint density at radius 3 is 2.91 bits per heavy atom. The lowest BCUT2D eigenvalue weighted by Gasteiger charge is -2.13. The molecule has 2 heterocycles. The van der Waals surface area contributed by atoms with Gasteiger partial charge in [-0.1, -0.05) is 19.8 Å². The van der Waals surface area contributed by atoms with E-state index in [4.69, 9.17) is 0 Å². The minimum absolute atomic E-state index is 0.0899. The number of unbranched alkanes of at least 4 members (excludes halogenated alkanes) is 2. The average molecular weight is 325 g/mol. The van der Waals surface area contributed by atoms with Gasteiger partial charge >= 0.3 is 0 Å². The van der Waals surface area contributed by atoms with Gasteiger partial charge in [0.2, 0.25) is 0 Å². The van der Waals surface area contributed by atoms with Crippen molar-refractivity contribution >= 4 is 21.4 Å². The van der Waals surface area contributed by atoms with Crippen molar-refractivity contribution in [2.75, 3.05) is 23.4 Å². The fourth-order valence-electron chi connectivity index (χ4n) is 2.46. The summed E-state index contributed by atoms with van der Waals surface area (Å²) >= 11 is 0. The van der Waals surface area contributed by atoms with E-state index in [1.165, 1.54) is 0 Å². The van der Waals surface area contributed by atoms with E-state index < -0.39 is 9.84 Å². The van der Waals surface area contributed by atoms with Gasteiger partial charge in [-0.05, 0) is 25.0 Å². The smallest absolute Gasteiger partial charge is 0.269 e. The van der Waals surface area contributed by atoms with Crippen LogP contribution in [0.3, 0.4) is 0 Å². The van der Waals surface area contributed by atoms with E-state index in [0.717, 1.165) is 24.9 Å². The lowest BCUT2D eigenvalue weighted by Crippen LogP contribution is -2.26. The van der Waals surface area contributed by atoms with Crippen LogP contribution < -0.4 is 10.6 Å². The highest BCUT2D eigenvalue weighted by atomic mass is 32.2. The number of rotatable bonds is 7. The van der Waals surface area contributed by atoms with Gasteiger partial charge in [-0.15, -0.1) is 0 Å². The molecule has 1 unspecified atom stereocenters. The monoisotopic (exact) mass is 325 g/mol. The summed E-state index contributed by atoms with van der Waals surface area (Å²) in [5.74, 6) is 0.174. The Labute approximate surface area is 131 Å². The molecule has 7 heteroatoms. The quantitative estimate of drug-likeness (QED) is 0.744. The molecule has 1 aliphatic heterocycles. The van der Waals surface area contributed by atoms with Gasteiger partial charge in [-0.2, -0.15) is 0 Å². The maximum atomic E-state index is 12.0. The molecule has 0 radical (unpaired) electrons. The summed E-state index contributed by atoms with van der Waals surface area (Å²) in [5.41, 5.74) is 1.08. The van der Waals surface area contributed by atoms with E-state index in [-0.39, 0.29) is 23.5 Å². The number of hydrogen-bond donors (Lipinski definition) is 2. The van der Waals surface area contributed by atoms with Crippen molar-refractivity contribution in [3.05, 3.63) is 24.0 Å². The second-order valence-corrected chi connectivity index (χ2v) is 7.87. The molecule has 2 rings (SSSR count). The Balaban J connectivity index is 1.91. The molecule has 0 bridgehead atoms. The summed E-state index contributed by atoms with van der Waals surface area (Å²) in [6.07, 6.45) is 5.32. The van der Waals surface area contributed by atoms with Gasteiger partial charge in [-0.3, -0.25) is 9.78 Å². The van der Waals surface area contributed by atoms with Gasteiger partial charge in [0.1, 0.15) is 5.69 Å². The molecule has 1 saturated heterocycles. The number of carbonyl (C=O) groups excluding carboxylic acids is 1. The second-order valence-electron chi connectivity index (χ2n) is 5.64. The molecule has 0 aliphatic carbocycles. The molecule has 2 N–H and O–H groups in total. The molecule has 1 aromatic heterocycles. The van der Waals surface area contributed by atoms with Crippen LogP contribution in [0.4, 0.5) is 5.69 Å². The van der Waals surface area contributed by atoms with Crippen molar-refractivity contribution in [2.45, 2.75) is 38.6 Å². The van der Waals surface area contributed by atoms with E-state index in [0.29, 0.717) is 18.7 Å². The molecular weight excluding hydrogens is 302 g/mol. The fraction of sp³-hybridized carbons (Fsp3) is 0.600. The molecule has 0 spiro atoms. The lowest BCUT2D eigenvalue weighted by molar-refractivity contribution is 0.0948. The van der Waals surface area contributed by atoms with Gasteiger partial charge < -0.3 is 10.6 Å². The van der Waals surface area contributed by atoms with Crippen molar-refractivity contribution in [3.8, 4) is 0 Å². The Morgan fingerprint density at radius 1 is 1.41 bits per heavy atom.